The Balaban J connectivity index is 1.73. The van der Waals surface area contributed by atoms with Crippen molar-refractivity contribution in [3.63, 3.8) is 0 Å². The van der Waals surface area contributed by atoms with Crippen LogP contribution in [0.4, 0.5) is 17.2 Å². The lowest BCUT2D eigenvalue weighted by molar-refractivity contribution is -0.115. The summed E-state index contributed by atoms with van der Waals surface area (Å²) in [6, 6.07) is 16.4. The number of hydrogen-bond acceptors (Lipinski definition) is 6. The van der Waals surface area contributed by atoms with Crippen LogP contribution in [0.1, 0.15) is 5.56 Å². The van der Waals surface area contributed by atoms with Gasteiger partial charge in [0.05, 0.1) is 12.1 Å². The minimum atomic E-state index is -0.154. The van der Waals surface area contributed by atoms with Crippen LogP contribution in [0.25, 0.3) is 11.1 Å². The van der Waals surface area contributed by atoms with Crippen molar-refractivity contribution in [3.05, 3.63) is 70.3 Å². The highest BCUT2D eigenvalue weighted by molar-refractivity contribution is 6.36. The van der Waals surface area contributed by atoms with Crippen molar-refractivity contribution in [2.75, 3.05) is 42.6 Å². The predicted molar refractivity (Wildman–Crippen MR) is 130 cm³/mol. The maximum absolute atomic E-state index is 12.1. The fraction of sp³-hybridized carbons (Fsp3) is 0.174. The van der Waals surface area contributed by atoms with Gasteiger partial charge >= 0.3 is 0 Å². The van der Waals surface area contributed by atoms with Gasteiger partial charge in [-0.2, -0.15) is 5.26 Å². The van der Waals surface area contributed by atoms with Gasteiger partial charge in [0, 0.05) is 51.8 Å². The van der Waals surface area contributed by atoms with Crippen molar-refractivity contribution in [2.45, 2.75) is 0 Å². The van der Waals surface area contributed by atoms with Gasteiger partial charge in [0.2, 0.25) is 5.91 Å². The van der Waals surface area contributed by atoms with Gasteiger partial charge in [0.1, 0.15) is 11.9 Å². The monoisotopic (exact) mass is 468 g/mol. The average molecular weight is 469 g/mol. The third kappa shape index (κ3) is 6.34. The average Bonchev–Trinajstić information content (AvgIpc) is 2.78. The minimum absolute atomic E-state index is 0.154. The second kappa shape index (κ2) is 11.3. The summed E-state index contributed by atoms with van der Waals surface area (Å²) < 4.78 is 0. The molecule has 0 unspecified atom stereocenters. The summed E-state index contributed by atoms with van der Waals surface area (Å²) in [4.78, 5) is 16.3. The van der Waals surface area contributed by atoms with Crippen molar-refractivity contribution >= 4 is 46.3 Å². The van der Waals surface area contributed by atoms with Crippen molar-refractivity contribution in [1.82, 2.24) is 10.3 Å². The highest BCUT2D eigenvalue weighted by atomic mass is 35.5. The normalized spacial score (nSPS) is 10.3. The quantitative estimate of drug-likeness (QED) is 0.342. The number of anilines is 3. The van der Waals surface area contributed by atoms with E-state index in [9.17, 15) is 4.79 Å². The van der Waals surface area contributed by atoms with Crippen LogP contribution in [0.5, 0.6) is 0 Å². The third-order valence-corrected chi connectivity index (χ3v) is 5.05. The molecule has 4 N–H and O–H groups in total. The van der Waals surface area contributed by atoms with Gasteiger partial charge in [-0.15, -0.1) is 0 Å². The smallest absolute Gasteiger partial charge is 0.238 e. The molecule has 1 aromatic heterocycles. The number of hydrogen-bond donors (Lipinski definition) is 4. The Morgan fingerprint density at radius 1 is 1.03 bits per heavy atom. The molecule has 32 heavy (non-hydrogen) atoms. The molecule has 1 heterocycles. The molecule has 0 saturated carbocycles. The molecule has 1 amide bonds. The Labute approximate surface area is 196 Å². The minimum Gasteiger partial charge on any atom is -0.383 e. The first-order chi connectivity index (χ1) is 15.5. The number of nitriles is 1. The van der Waals surface area contributed by atoms with E-state index in [0.29, 0.717) is 40.2 Å². The number of carbonyl (C=O) groups is 1. The number of rotatable bonds is 9. The molecule has 9 heteroatoms. The van der Waals surface area contributed by atoms with Gasteiger partial charge in [0.25, 0.3) is 0 Å². The van der Waals surface area contributed by atoms with Crippen LogP contribution in [0.2, 0.25) is 10.0 Å². The van der Waals surface area contributed by atoms with Crippen molar-refractivity contribution in [3.8, 4) is 17.2 Å². The van der Waals surface area contributed by atoms with Crippen molar-refractivity contribution in [2.24, 2.45) is 0 Å². The molecule has 0 aliphatic carbocycles. The van der Waals surface area contributed by atoms with Gasteiger partial charge < -0.3 is 21.3 Å². The summed E-state index contributed by atoms with van der Waals surface area (Å²) in [5.74, 6) is 0.542. The first kappa shape index (κ1) is 23.4. The van der Waals surface area contributed by atoms with Gasteiger partial charge in [-0.1, -0.05) is 29.3 Å². The molecular weight excluding hydrogens is 447 g/mol. The van der Waals surface area contributed by atoms with E-state index in [1.807, 2.05) is 30.3 Å². The number of amides is 1. The fourth-order valence-corrected chi connectivity index (χ4v) is 3.52. The highest BCUT2D eigenvalue weighted by Gasteiger charge is 2.13. The first-order valence-electron chi connectivity index (χ1n) is 9.88. The molecule has 164 valence electrons. The molecule has 0 aliphatic heterocycles. The van der Waals surface area contributed by atoms with Crippen LogP contribution in [-0.4, -0.2) is 37.6 Å². The van der Waals surface area contributed by atoms with Gasteiger partial charge in [-0.3, -0.25) is 4.79 Å². The maximum Gasteiger partial charge on any atom is 0.238 e. The summed E-state index contributed by atoms with van der Waals surface area (Å²) >= 11 is 12.5. The van der Waals surface area contributed by atoms with Gasteiger partial charge in [-0.25, -0.2) is 4.98 Å². The summed E-state index contributed by atoms with van der Waals surface area (Å²) in [7, 11) is 1.71. The van der Waals surface area contributed by atoms with E-state index in [-0.39, 0.29) is 12.5 Å². The Morgan fingerprint density at radius 3 is 2.53 bits per heavy atom. The molecule has 3 aromatic rings. The molecule has 3 rings (SSSR count). The molecule has 0 fully saturated rings. The zero-order valence-electron chi connectivity index (χ0n) is 17.4. The third-order valence-electron chi connectivity index (χ3n) is 4.51. The molecule has 0 atom stereocenters. The highest BCUT2D eigenvalue weighted by Crippen LogP contribution is 2.36. The van der Waals surface area contributed by atoms with Gasteiger partial charge in [-0.05, 0) is 49.5 Å². The van der Waals surface area contributed by atoms with Crippen LogP contribution in [-0.2, 0) is 4.79 Å². The first-order valence-corrected chi connectivity index (χ1v) is 10.6. The number of halogens is 2. The number of aromatic nitrogens is 1. The van der Waals surface area contributed by atoms with E-state index < -0.39 is 0 Å². The molecule has 0 radical (unpaired) electrons. The van der Waals surface area contributed by atoms with Crippen molar-refractivity contribution in [1.29, 1.82) is 5.26 Å². The van der Waals surface area contributed by atoms with E-state index in [4.69, 9.17) is 28.5 Å². The van der Waals surface area contributed by atoms with E-state index in [2.05, 4.69) is 26.3 Å². The second-order valence-electron chi connectivity index (χ2n) is 6.86. The number of carbonyl (C=O) groups excluding carboxylic acids is 1. The summed E-state index contributed by atoms with van der Waals surface area (Å²) in [6.45, 7) is 1.44. The standard InChI is InChI=1S/C23H22Cl2N6O/c1-27-14-23(32)31-21-6-4-17(11-19(21)18-5-3-16(24)10-20(18)25)28-8-9-29-22-7-2-15(12-26)13-30-22/h2-7,10-11,13,27-28H,8-9,14H2,1H3,(H,29,30)(H,31,32). The molecule has 0 aliphatic rings. The number of likely N-dealkylation sites (N-methyl/N-ethyl adjacent to an activating group) is 1. The van der Waals surface area contributed by atoms with Crippen LogP contribution < -0.4 is 21.3 Å². The number of benzene rings is 2. The lowest BCUT2D eigenvalue weighted by Gasteiger charge is -2.16. The second-order valence-corrected chi connectivity index (χ2v) is 7.70. The Hall–Kier alpha value is -3.31. The van der Waals surface area contributed by atoms with E-state index in [1.165, 1.54) is 6.20 Å². The Kier molecular flexibility index (Phi) is 8.28. The number of pyridine rings is 1. The maximum atomic E-state index is 12.1. The molecule has 2 aromatic carbocycles. The van der Waals surface area contributed by atoms with Crippen LogP contribution >= 0.6 is 23.2 Å². The van der Waals surface area contributed by atoms with E-state index >= 15 is 0 Å². The molecule has 7 nitrogen and oxygen atoms in total. The van der Waals surface area contributed by atoms with E-state index in [1.54, 1.807) is 31.3 Å². The van der Waals surface area contributed by atoms with Crippen LogP contribution in [0.3, 0.4) is 0 Å². The Morgan fingerprint density at radius 2 is 1.84 bits per heavy atom. The number of nitrogens with zero attached hydrogens (tertiary/aromatic N) is 2. The van der Waals surface area contributed by atoms with Crippen LogP contribution in [0.15, 0.2) is 54.7 Å². The summed E-state index contributed by atoms with van der Waals surface area (Å²) in [5, 5.41) is 22.2. The lowest BCUT2D eigenvalue weighted by Crippen LogP contribution is -2.25. The SMILES string of the molecule is CNCC(=O)Nc1ccc(NCCNc2ccc(C#N)cn2)cc1-c1ccc(Cl)cc1Cl. The zero-order valence-corrected chi connectivity index (χ0v) is 18.9. The molecule has 0 bridgehead atoms. The van der Waals surface area contributed by atoms with Crippen molar-refractivity contribution < 1.29 is 4.79 Å². The molecular formula is C23H22Cl2N6O. The Bertz CT molecular complexity index is 1130. The largest absolute Gasteiger partial charge is 0.383 e. The van der Waals surface area contributed by atoms with E-state index in [0.717, 1.165) is 16.8 Å². The number of nitrogens with one attached hydrogen (secondary N) is 4. The van der Waals surface area contributed by atoms with Crippen LogP contribution in [0, 0.1) is 11.3 Å². The zero-order chi connectivity index (χ0) is 22.9. The lowest BCUT2D eigenvalue weighted by atomic mass is 10.0. The molecule has 0 spiro atoms. The summed E-state index contributed by atoms with van der Waals surface area (Å²) in [5.41, 5.74) is 3.58. The van der Waals surface area contributed by atoms with Gasteiger partial charge in [0.15, 0.2) is 0 Å². The molecule has 0 saturated heterocycles. The predicted octanol–water partition coefficient (Wildman–Crippen LogP) is 4.61. The fourth-order valence-electron chi connectivity index (χ4n) is 3.01. The summed E-state index contributed by atoms with van der Waals surface area (Å²) in [6.07, 6.45) is 1.53. The topological polar surface area (TPSA) is 102 Å².